The van der Waals surface area contributed by atoms with Crippen LogP contribution < -0.4 is 14.2 Å². The lowest BCUT2D eigenvalue weighted by atomic mass is 10.0. The summed E-state index contributed by atoms with van der Waals surface area (Å²) in [5, 5.41) is 0.741. The third kappa shape index (κ3) is 4.72. The average Bonchev–Trinajstić information content (AvgIpc) is 2.83. The molecule has 33 heavy (non-hydrogen) atoms. The summed E-state index contributed by atoms with van der Waals surface area (Å²) in [7, 11) is 3.15. The number of ether oxygens (including phenoxy) is 4. The summed E-state index contributed by atoms with van der Waals surface area (Å²) < 4.78 is 22.9. The third-order valence-electron chi connectivity index (χ3n) is 5.09. The molecule has 2 aromatic heterocycles. The van der Waals surface area contributed by atoms with Crippen LogP contribution in [-0.4, -0.2) is 30.2 Å². The standard InChI is InChI=1S/C26H24N2O5/c1-16-10-11-22(25(28-16)26(32-17(2)29)18-8-6-5-7-9-18)33-21-12-13-27-20-15-24(31-4)23(30-3)14-19(20)21/h5-15,26H,1-4H3. The highest BCUT2D eigenvalue weighted by atomic mass is 16.5. The maximum Gasteiger partial charge on any atom is 0.303 e. The molecule has 0 radical (unpaired) electrons. The second kappa shape index (κ2) is 9.56. The maximum absolute atomic E-state index is 11.9. The third-order valence-corrected chi connectivity index (χ3v) is 5.09. The molecule has 0 amide bonds. The average molecular weight is 444 g/mol. The molecule has 1 atom stereocenters. The van der Waals surface area contributed by atoms with Crippen molar-refractivity contribution in [2.75, 3.05) is 14.2 Å². The lowest BCUT2D eigenvalue weighted by Gasteiger charge is -2.21. The van der Waals surface area contributed by atoms with Gasteiger partial charge in [-0.1, -0.05) is 30.3 Å². The van der Waals surface area contributed by atoms with E-state index in [2.05, 4.69) is 9.97 Å². The Morgan fingerprint density at radius 1 is 0.879 bits per heavy atom. The molecular weight excluding hydrogens is 420 g/mol. The zero-order valence-electron chi connectivity index (χ0n) is 18.9. The van der Waals surface area contributed by atoms with Gasteiger partial charge in [-0.3, -0.25) is 9.78 Å². The van der Waals surface area contributed by atoms with Crippen molar-refractivity contribution < 1.29 is 23.7 Å². The highest BCUT2D eigenvalue weighted by Crippen LogP contribution is 2.39. The number of esters is 1. The lowest BCUT2D eigenvalue weighted by Crippen LogP contribution is -2.13. The van der Waals surface area contributed by atoms with Crippen LogP contribution in [0.4, 0.5) is 0 Å². The number of aromatic nitrogens is 2. The number of carbonyl (C=O) groups is 1. The van der Waals surface area contributed by atoms with Crippen molar-refractivity contribution in [3.63, 3.8) is 0 Å². The number of nitrogens with zero attached hydrogens (tertiary/aromatic N) is 2. The lowest BCUT2D eigenvalue weighted by molar-refractivity contribution is -0.145. The van der Waals surface area contributed by atoms with E-state index < -0.39 is 12.1 Å². The molecule has 2 aromatic carbocycles. The van der Waals surface area contributed by atoms with Crippen molar-refractivity contribution in [3.8, 4) is 23.0 Å². The molecule has 1 unspecified atom stereocenters. The fraction of sp³-hybridized carbons (Fsp3) is 0.192. The fourth-order valence-corrected chi connectivity index (χ4v) is 3.57. The normalized spacial score (nSPS) is 11.6. The van der Waals surface area contributed by atoms with Crippen LogP contribution in [0.15, 0.2) is 66.9 Å². The predicted octanol–water partition coefficient (Wildman–Crippen LogP) is 5.40. The van der Waals surface area contributed by atoms with Gasteiger partial charge in [-0.2, -0.15) is 0 Å². The molecular formula is C26H24N2O5. The van der Waals surface area contributed by atoms with Gasteiger partial charge in [0.2, 0.25) is 0 Å². The smallest absolute Gasteiger partial charge is 0.303 e. The summed E-state index contributed by atoms with van der Waals surface area (Å²) in [5.41, 5.74) is 2.76. The van der Waals surface area contributed by atoms with Gasteiger partial charge in [0.15, 0.2) is 23.4 Å². The van der Waals surface area contributed by atoms with Gasteiger partial charge in [0.1, 0.15) is 11.4 Å². The summed E-state index contributed by atoms with van der Waals surface area (Å²) in [6, 6.07) is 18.5. The van der Waals surface area contributed by atoms with E-state index in [-0.39, 0.29) is 0 Å². The maximum atomic E-state index is 11.9. The number of carbonyl (C=O) groups excluding carboxylic acids is 1. The van der Waals surface area contributed by atoms with Crippen molar-refractivity contribution in [2.45, 2.75) is 20.0 Å². The number of hydrogen-bond donors (Lipinski definition) is 0. The minimum atomic E-state index is -0.721. The fourth-order valence-electron chi connectivity index (χ4n) is 3.57. The van der Waals surface area contributed by atoms with E-state index >= 15 is 0 Å². The van der Waals surface area contributed by atoms with Gasteiger partial charge >= 0.3 is 5.97 Å². The molecule has 0 aliphatic heterocycles. The van der Waals surface area contributed by atoms with Crippen LogP contribution in [-0.2, 0) is 9.53 Å². The quantitative estimate of drug-likeness (QED) is 0.353. The highest BCUT2D eigenvalue weighted by Gasteiger charge is 2.24. The summed E-state index contributed by atoms with van der Waals surface area (Å²) in [5.74, 6) is 1.75. The second-order valence-electron chi connectivity index (χ2n) is 7.37. The molecule has 0 aliphatic carbocycles. The SMILES string of the molecule is COc1cc2nccc(Oc3ccc(C)nc3C(OC(C)=O)c3ccccc3)c2cc1OC. The van der Waals surface area contributed by atoms with Gasteiger partial charge in [-0.05, 0) is 36.8 Å². The molecule has 0 bridgehead atoms. The minimum Gasteiger partial charge on any atom is -0.493 e. The van der Waals surface area contributed by atoms with Gasteiger partial charge in [-0.25, -0.2) is 4.98 Å². The number of methoxy groups -OCH3 is 2. The molecule has 0 saturated heterocycles. The molecule has 4 aromatic rings. The Morgan fingerprint density at radius 2 is 1.61 bits per heavy atom. The predicted molar refractivity (Wildman–Crippen MR) is 124 cm³/mol. The Hall–Kier alpha value is -4.13. The van der Waals surface area contributed by atoms with Gasteiger partial charge in [-0.15, -0.1) is 0 Å². The molecule has 0 aliphatic rings. The first-order valence-electron chi connectivity index (χ1n) is 10.4. The van der Waals surface area contributed by atoms with Crippen LogP contribution in [0.1, 0.15) is 30.0 Å². The van der Waals surface area contributed by atoms with E-state index in [4.69, 9.17) is 18.9 Å². The van der Waals surface area contributed by atoms with Crippen molar-refractivity contribution in [3.05, 3.63) is 83.8 Å². The molecule has 0 fully saturated rings. The zero-order valence-corrected chi connectivity index (χ0v) is 18.9. The first kappa shape index (κ1) is 22.1. The van der Waals surface area contributed by atoms with Crippen molar-refractivity contribution in [1.29, 1.82) is 0 Å². The number of aryl methyl sites for hydroxylation is 1. The van der Waals surface area contributed by atoms with Crippen molar-refractivity contribution in [1.82, 2.24) is 9.97 Å². The summed E-state index contributed by atoms with van der Waals surface area (Å²) >= 11 is 0. The Bertz CT molecular complexity index is 1290. The van der Waals surface area contributed by atoms with Crippen molar-refractivity contribution in [2.24, 2.45) is 0 Å². The summed E-state index contributed by atoms with van der Waals surface area (Å²) in [6.07, 6.45) is 0.937. The molecule has 7 heteroatoms. The largest absolute Gasteiger partial charge is 0.493 e. The van der Waals surface area contributed by atoms with Crippen LogP contribution in [0.3, 0.4) is 0 Å². The second-order valence-corrected chi connectivity index (χ2v) is 7.37. The van der Waals surface area contributed by atoms with E-state index in [9.17, 15) is 4.79 Å². The first-order chi connectivity index (χ1) is 16.0. The van der Waals surface area contributed by atoms with Gasteiger partial charge in [0.25, 0.3) is 0 Å². The Kier molecular flexibility index (Phi) is 6.40. The van der Waals surface area contributed by atoms with Crippen LogP contribution in [0.2, 0.25) is 0 Å². The van der Waals surface area contributed by atoms with Crippen LogP contribution in [0.25, 0.3) is 10.9 Å². The summed E-state index contributed by atoms with van der Waals surface area (Å²) in [6.45, 7) is 3.25. The topological polar surface area (TPSA) is 79.8 Å². The number of hydrogen-bond acceptors (Lipinski definition) is 7. The number of benzene rings is 2. The van der Waals surface area contributed by atoms with Gasteiger partial charge in [0.05, 0.1) is 19.7 Å². The zero-order chi connectivity index (χ0) is 23.4. The molecule has 168 valence electrons. The van der Waals surface area contributed by atoms with Gasteiger partial charge in [0, 0.05) is 30.3 Å². The van der Waals surface area contributed by atoms with E-state index in [1.807, 2.05) is 55.5 Å². The summed E-state index contributed by atoms with van der Waals surface area (Å²) in [4.78, 5) is 21.0. The first-order valence-corrected chi connectivity index (χ1v) is 10.4. The van der Waals surface area contributed by atoms with Crippen LogP contribution >= 0.6 is 0 Å². The Labute approximate surface area is 191 Å². The van der Waals surface area contributed by atoms with Crippen LogP contribution in [0, 0.1) is 6.92 Å². The van der Waals surface area contributed by atoms with Crippen molar-refractivity contribution >= 4 is 16.9 Å². The highest BCUT2D eigenvalue weighted by molar-refractivity contribution is 5.88. The number of fused-ring (bicyclic) bond motifs is 1. The van der Waals surface area contributed by atoms with E-state index in [0.717, 1.165) is 16.6 Å². The van der Waals surface area contributed by atoms with E-state index in [1.54, 1.807) is 32.5 Å². The monoisotopic (exact) mass is 444 g/mol. The number of rotatable bonds is 7. The van der Waals surface area contributed by atoms with E-state index in [0.29, 0.717) is 34.2 Å². The Balaban J connectivity index is 1.83. The van der Waals surface area contributed by atoms with Gasteiger partial charge < -0.3 is 18.9 Å². The molecule has 4 rings (SSSR count). The molecule has 0 saturated carbocycles. The van der Waals surface area contributed by atoms with Crippen LogP contribution in [0.5, 0.6) is 23.0 Å². The van der Waals surface area contributed by atoms with E-state index in [1.165, 1.54) is 6.92 Å². The minimum absolute atomic E-state index is 0.413. The Morgan fingerprint density at radius 3 is 2.30 bits per heavy atom. The molecule has 7 nitrogen and oxygen atoms in total. The molecule has 2 heterocycles. The molecule has 0 N–H and O–H groups in total. The number of pyridine rings is 2. The molecule has 0 spiro atoms.